The van der Waals surface area contributed by atoms with Gasteiger partial charge >= 0.3 is 5.88 Å². The molecule has 3 rings (SSSR count). The van der Waals surface area contributed by atoms with Gasteiger partial charge in [0.1, 0.15) is 28.7 Å². The van der Waals surface area contributed by atoms with Crippen LogP contribution < -0.4 is 16.0 Å². The summed E-state index contributed by atoms with van der Waals surface area (Å²) in [5, 5.41) is 19.2. The van der Waals surface area contributed by atoms with Crippen LogP contribution in [-0.4, -0.2) is 38.9 Å². The van der Waals surface area contributed by atoms with Crippen molar-refractivity contribution in [2.24, 2.45) is 0 Å². The molecule has 11 nitrogen and oxygen atoms in total. The number of nitrogens with zero attached hydrogens (tertiary/aromatic N) is 4. The van der Waals surface area contributed by atoms with E-state index in [9.17, 15) is 14.9 Å². The highest BCUT2D eigenvalue weighted by atomic mass is 16.6. The molecule has 3 heterocycles. The Balaban J connectivity index is 1.46. The Labute approximate surface area is 153 Å². The average molecular weight is 369 g/mol. The summed E-state index contributed by atoms with van der Waals surface area (Å²) in [5.41, 5.74) is 0. The molecular weight excluding hydrogens is 354 g/mol. The van der Waals surface area contributed by atoms with E-state index >= 15 is 0 Å². The molecule has 3 aromatic rings. The van der Waals surface area contributed by atoms with Crippen molar-refractivity contribution < 1.29 is 14.1 Å². The molecule has 0 spiro atoms. The van der Waals surface area contributed by atoms with E-state index in [0.29, 0.717) is 24.0 Å². The summed E-state index contributed by atoms with van der Waals surface area (Å²) in [6.45, 7) is 0.648. The second-order valence-electron chi connectivity index (χ2n) is 5.21. The first-order valence-electron chi connectivity index (χ1n) is 7.88. The van der Waals surface area contributed by atoms with E-state index in [1.165, 1.54) is 12.4 Å². The SMILES string of the molecule is O=C(NCCNc1cc(Nc2ccccn2)ncn1)c1ccc([N+](=O)[O-])o1. The summed E-state index contributed by atoms with van der Waals surface area (Å²) in [5.74, 6) is 0.647. The number of nitrogens with one attached hydrogen (secondary N) is 3. The maximum Gasteiger partial charge on any atom is 0.433 e. The molecule has 138 valence electrons. The van der Waals surface area contributed by atoms with Gasteiger partial charge in [0, 0.05) is 25.4 Å². The van der Waals surface area contributed by atoms with Gasteiger partial charge in [0.2, 0.25) is 0 Å². The van der Waals surface area contributed by atoms with E-state index in [0.717, 1.165) is 6.07 Å². The predicted octanol–water partition coefficient (Wildman–Crippen LogP) is 1.96. The number of anilines is 3. The molecule has 0 unspecified atom stereocenters. The van der Waals surface area contributed by atoms with Crippen LogP contribution in [0.3, 0.4) is 0 Å². The van der Waals surface area contributed by atoms with Gasteiger partial charge in [-0.3, -0.25) is 14.9 Å². The zero-order valence-electron chi connectivity index (χ0n) is 14.0. The van der Waals surface area contributed by atoms with Crippen LogP contribution in [0, 0.1) is 10.1 Å². The molecule has 0 aliphatic rings. The van der Waals surface area contributed by atoms with Gasteiger partial charge in [-0.2, -0.15) is 0 Å². The van der Waals surface area contributed by atoms with Gasteiger partial charge in [0.05, 0.1) is 6.07 Å². The summed E-state index contributed by atoms with van der Waals surface area (Å²) >= 11 is 0. The molecule has 0 bridgehead atoms. The molecule has 0 fully saturated rings. The Bertz CT molecular complexity index is 929. The Morgan fingerprint density at radius 3 is 2.67 bits per heavy atom. The Hall–Kier alpha value is -4.02. The molecule has 0 saturated carbocycles. The minimum absolute atomic E-state index is 0.120. The number of amides is 1. The lowest BCUT2D eigenvalue weighted by Gasteiger charge is -2.08. The number of rotatable bonds is 8. The molecule has 0 aromatic carbocycles. The van der Waals surface area contributed by atoms with Crippen molar-refractivity contribution in [1.29, 1.82) is 0 Å². The fourth-order valence-corrected chi connectivity index (χ4v) is 2.09. The molecule has 1 amide bonds. The first-order valence-corrected chi connectivity index (χ1v) is 7.88. The molecule has 3 N–H and O–H groups in total. The third kappa shape index (κ3) is 4.98. The van der Waals surface area contributed by atoms with Crippen molar-refractivity contribution in [2.45, 2.75) is 0 Å². The van der Waals surface area contributed by atoms with Gasteiger partial charge in [-0.05, 0) is 18.2 Å². The van der Waals surface area contributed by atoms with Crippen molar-refractivity contribution in [3.63, 3.8) is 0 Å². The monoisotopic (exact) mass is 369 g/mol. The van der Waals surface area contributed by atoms with Gasteiger partial charge in [-0.15, -0.1) is 0 Å². The molecule has 27 heavy (non-hydrogen) atoms. The number of carbonyl (C=O) groups excluding carboxylic acids is 1. The number of furan rings is 1. The Morgan fingerprint density at radius 1 is 1.07 bits per heavy atom. The zero-order chi connectivity index (χ0) is 19.1. The van der Waals surface area contributed by atoms with Crippen LogP contribution >= 0.6 is 0 Å². The smallest absolute Gasteiger partial charge is 0.395 e. The second kappa shape index (κ2) is 8.38. The van der Waals surface area contributed by atoms with Crippen molar-refractivity contribution >= 4 is 29.2 Å². The molecule has 0 radical (unpaired) electrons. The quantitative estimate of drug-likeness (QED) is 0.308. The van der Waals surface area contributed by atoms with Crippen molar-refractivity contribution in [3.8, 4) is 0 Å². The van der Waals surface area contributed by atoms with Crippen LogP contribution in [0.2, 0.25) is 0 Å². The van der Waals surface area contributed by atoms with Gasteiger partial charge in [-0.25, -0.2) is 15.0 Å². The Kier molecular flexibility index (Phi) is 5.52. The first-order chi connectivity index (χ1) is 13.1. The van der Waals surface area contributed by atoms with Gasteiger partial charge < -0.3 is 20.4 Å². The molecule has 0 atom stereocenters. The number of pyridine rings is 1. The first kappa shape index (κ1) is 17.8. The van der Waals surface area contributed by atoms with Crippen LogP contribution in [0.25, 0.3) is 0 Å². The van der Waals surface area contributed by atoms with Crippen molar-refractivity contribution in [2.75, 3.05) is 23.7 Å². The highest BCUT2D eigenvalue weighted by Gasteiger charge is 2.16. The summed E-state index contributed by atoms with van der Waals surface area (Å²) < 4.78 is 4.83. The van der Waals surface area contributed by atoms with E-state index in [1.807, 2.05) is 18.2 Å². The standard InChI is InChI=1S/C16H15N7O4/c24-16(11-4-5-15(27-11)23(25)26)19-8-7-18-13-9-14(21-10-20-13)22-12-3-1-2-6-17-12/h1-6,9-10H,7-8H2,(H,19,24)(H2,17,18,20,21,22). The van der Waals surface area contributed by atoms with Crippen LogP contribution in [0.15, 0.2) is 53.3 Å². The minimum Gasteiger partial charge on any atom is -0.395 e. The second-order valence-corrected chi connectivity index (χ2v) is 5.21. The van der Waals surface area contributed by atoms with E-state index in [4.69, 9.17) is 4.42 Å². The number of hydrogen-bond donors (Lipinski definition) is 3. The number of aromatic nitrogens is 3. The number of hydrogen-bond acceptors (Lipinski definition) is 9. The summed E-state index contributed by atoms with van der Waals surface area (Å²) in [6, 6.07) is 9.56. The normalized spacial score (nSPS) is 10.2. The summed E-state index contributed by atoms with van der Waals surface area (Å²) in [4.78, 5) is 34.0. The third-order valence-electron chi connectivity index (χ3n) is 3.30. The fraction of sp³-hybridized carbons (Fsp3) is 0.125. The van der Waals surface area contributed by atoms with E-state index < -0.39 is 16.7 Å². The fourth-order valence-electron chi connectivity index (χ4n) is 2.09. The lowest BCUT2D eigenvalue weighted by molar-refractivity contribution is -0.402. The highest BCUT2D eigenvalue weighted by molar-refractivity contribution is 5.91. The molecule has 0 aliphatic heterocycles. The number of carbonyl (C=O) groups is 1. The lowest BCUT2D eigenvalue weighted by atomic mass is 10.4. The van der Waals surface area contributed by atoms with Crippen LogP contribution in [0.1, 0.15) is 10.6 Å². The average Bonchev–Trinajstić information content (AvgIpc) is 3.17. The predicted molar refractivity (Wildman–Crippen MR) is 95.7 cm³/mol. The van der Waals surface area contributed by atoms with Crippen LogP contribution in [0.4, 0.5) is 23.3 Å². The molecule has 0 aliphatic carbocycles. The highest BCUT2D eigenvalue weighted by Crippen LogP contribution is 2.15. The van der Waals surface area contributed by atoms with Crippen LogP contribution in [-0.2, 0) is 0 Å². The summed E-state index contributed by atoms with van der Waals surface area (Å²) in [6.07, 6.45) is 3.06. The van der Waals surface area contributed by atoms with Crippen molar-refractivity contribution in [1.82, 2.24) is 20.3 Å². The maximum atomic E-state index is 11.9. The minimum atomic E-state index is -0.704. The van der Waals surface area contributed by atoms with Gasteiger partial charge in [0.25, 0.3) is 5.91 Å². The molecular formula is C16H15N7O4. The molecule has 0 saturated heterocycles. The van der Waals surface area contributed by atoms with Gasteiger partial charge in [0.15, 0.2) is 5.76 Å². The third-order valence-corrected chi connectivity index (χ3v) is 3.30. The maximum absolute atomic E-state index is 11.9. The lowest BCUT2D eigenvalue weighted by Crippen LogP contribution is -2.28. The van der Waals surface area contributed by atoms with Crippen molar-refractivity contribution in [3.05, 3.63) is 64.8 Å². The van der Waals surface area contributed by atoms with E-state index in [2.05, 4.69) is 30.9 Å². The largest absolute Gasteiger partial charge is 0.433 e. The topological polar surface area (TPSA) is 148 Å². The number of nitro groups is 1. The molecule has 11 heteroatoms. The Morgan fingerprint density at radius 2 is 1.93 bits per heavy atom. The zero-order valence-corrected chi connectivity index (χ0v) is 14.0. The summed E-state index contributed by atoms with van der Waals surface area (Å²) in [7, 11) is 0. The molecule has 3 aromatic heterocycles. The van der Waals surface area contributed by atoms with E-state index in [1.54, 1.807) is 12.3 Å². The van der Waals surface area contributed by atoms with Gasteiger partial charge in [-0.1, -0.05) is 6.07 Å². The van der Waals surface area contributed by atoms with E-state index in [-0.39, 0.29) is 12.3 Å². The van der Waals surface area contributed by atoms with Crippen LogP contribution in [0.5, 0.6) is 0 Å².